The Balaban J connectivity index is 1.33. The number of benzene rings is 4. The van der Waals surface area contributed by atoms with E-state index in [0.717, 1.165) is 33.4 Å². The third kappa shape index (κ3) is 4.28. The fraction of sp³-hybridized carbons (Fsp3) is 0.0333. The fourth-order valence-electron chi connectivity index (χ4n) is 4.05. The maximum atomic E-state index is 13.3. The Bertz CT molecular complexity index is 1750. The molecule has 0 aliphatic rings. The number of rotatable bonds is 4. The van der Waals surface area contributed by atoms with Crippen molar-refractivity contribution in [3.63, 3.8) is 0 Å². The van der Waals surface area contributed by atoms with Crippen LogP contribution in [0.1, 0.15) is 15.9 Å². The molecule has 6 heteroatoms. The van der Waals surface area contributed by atoms with E-state index in [-0.39, 0.29) is 11.5 Å². The molecule has 2 heterocycles. The van der Waals surface area contributed by atoms with Crippen LogP contribution in [0.5, 0.6) is 0 Å². The van der Waals surface area contributed by atoms with Crippen LogP contribution in [-0.4, -0.2) is 15.9 Å². The maximum Gasteiger partial charge on any atom is 0.261 e. The lowest BCUT2D eigenvalue weighted by Gasteiger charge is -2.08. The van der Waals surface area contributed by atoms with Crippen molar-refractivity contribution in [2.45, 2.75) is 6.92 Å². The number of aromatic nitrogens is 2. The van der Waals surface area contributed by atoms with Crippen LogP contribution in [0, 0.1) is 6.92 Å². The Labute approximate surface area is 207 Å². The zero-order valence-corrected chi connectivity index (χ0v) is 19.5. The summed E-state index contributed by atoms with van der Waals surface area (Å²) in [6.45, 7) is 2.02. The van der Waals surface area contributed by atoms with Crippen molar-refractivity contribution in [2.75, 3.05) is 5.32 Å². The molecule has 2 N–H and O–H groups in total. The minimum absolute atomic E-state index is 0.258. The van der Waals surface area contributed by atoms with Gasteiger partial charge in [-0.3, -0.25) is 4.79 Å². The predicted octanol–water partition coefficient (Wildman–Crippen LogP) is 6.77. The van der Waals surface area contributed by atoms with Gasteiger partial charge in [-0.05, 0) is 67.6 Å². The number of para-hydroxylation sites is 3. The van der Waals surface area contributed by atoms with E-state index < -0.39 is 0 Å². The Hall–Kier alpha value is -4.97. The molecule has 0 unspecified atom stereocenters. The summed E-state index contributed by atoms with van der Waals surface area (Å²) in [4.78, 5) is 25.9. The van der Waals surface area contributed by atoms with Gasteiger partial charge in [0.1, 0.15) is 17.0 Å². The van der Waals surface area contributed by atoms with Crippen molar-refractivity contribution >= 4 is 39.3 Å². The largest absolute Gasteiger partial charge is 0.438 e. The van der Waals surface area contributed by atoms with E-state index in [4.69, 9.17) is 4.42 Å². The molecular formula is C30H22N4O2. The smallest absolute Gasteiger partial charge is 0.261 e. The Kier molecular flexibility index (Phi) is 5.39. The van der Waals surface area contributed by atoms with Gasteiger partial charge in [0.25, 0.3) is 5.91 Å². The number of imidazole rings is 1. The highest BCUT2D eigenvalue weighted by Gasteiger charge is 2.14. The molecule has 36 heavy (non-hydrogen) atoms. The SMILES string of the molecule is Cc1ccc(N=c2oc3ccccc3cc2C(=O)Nc2ccc(-c3nc4ccccc4[nH]3)cc2)cc1. The molecule has 2 aromatic heterocycles. The maximum absolute atomic E-state index is 13.3. The van der Waals surface area contributed by atoms with E-state index in [2.05, 4.69) is 20.3 Å². The second kappa shape index (κ2) is 9.00. The summed E-state index contributed by atoms with van der Waals surface area (Å²) in [6, 6.07) is 32.6. The molecule has 6 nitrogen and oxygen atoms in total. The number of amides is 1. The van der Waals surface area contributed by atoms with Crippen LogP contribution in [-0.2, 0) is 0 Å². The van der Waals surface area contributed by atoms with Crippen molar-refractivity contribution in [1.29, 1.82) is 0 Å². The zero-order valence-electron chi connectivity index (χ0n) is 19.5. The molecule has 0 spiro atoms. The number of aryl methyl sites for hydroxylation is 1. The number of anilines is 1. The van der Waals surface area contributed by atoms with Crippen LogP contribution in [0.3, 0.4) is 0 Å². The monoisotopic (exact) mass is 470 g/mol. The average Bonchev–Trinajstić information content (AvgIpc) is 3.34. The molecule has 4 aromatic carbocycles. The van der Waals surface area contributed by atoms with Crippen LogP contribution < -0.4 is 10.9 Å². The molecule has 0 saturated carbocycles. The number of hydrogen-bond acceptors (Lipinski definition) is 4. The van der Waals surface area contributed by atoms with Gasteiger partial charge in [-0.25, -0.2) is 9.98 Å². The quantitative estimate of drug-likeness (QED) is 0.298. The number of nitrogens with one attached hydrogen (secondary N) is 2. The summed E-state index contributed by atoms with van der Waals surface area (Å²) < 4.78 is 6.05. The van der Waals surface area contributed by atoms with Gasteiger partial charge < -0.3 is 14.7 Å². The summed E-state index contributed by atoms with van der Waals surface area (Å²) in [5, 5.41) is 3.80. The molecule has 174 valence electrons. The standard InChI is InChI=1S/C30H22N4O2/c1-19-10-14-23(15-11-19)32-30-24(18-21-6-2-5-9-27(21)36-30)29(35)31-22-16-12-20(13-17-22)28-33-25-7-3-4-8-26(25)34-28/h2-18H,1H3,(H,31,35)(H,33,34). The highest BCUT2D eigenvalue weighted by Crippen LogP contribution is 2.23. The lowest BCUT2D eigenvalue weighted by molar-refractivity contribution is 0.102. The van der Waals surface area contributed by atoms with E-state index in [1.54, 1.807) is 0 Å². The first-order chi connectivity index (χ1) is 17.6. The van der Waals surface area contributed by atoms with Crippen molar-refractivity contribution < 1.29 is 9.21 Å². The van der Waals surface area contributed by atoms with E-state index >= 15 is 0 Å². The first-order valence-corrected chi connectivity index (χ1v) is 11.6. The Morgan fingerprint density at radius 2 is 1.64 bits per heavy atom. The summed E-state index contributed by atoms with van der Waals surface area (Å²) >= 11 is 0. The summed E-state index contributed by atoms with van der Waals surface area (Å²) in [5.41, 5.74) is 6.61. The number of aromatic amines is 1. The minimum Gasteiger partial charge on any atom is -0.438 e. The van der Waals surface area contributed by atoms with Gasteiger partial charge in [0.2, 0.25) is 5.55 Å². The molecular weight excluding hydrogens is 448 g/mol. The molecule has 0 saturated heterocycles. The first kappa shape index (κ1) is 21.6. The Morgan fingerprint density at radius 3 is 2.44 bits per heavy atom. The van der Waals surface area contributed by atoms with Crippen LogP contribution in [0.4, 0.5) is 11.4 Å². The predicted molar refractivity (Wildman–Crippen MR) is 142 cm³/mol. The van der Waals surface area contributed by atoms with Gasteiger partial charge >= 0.3 is 0 Å². The number of nitrogens with zero attached hydrogens (tertiary/aromatic N) is 2. The molecule has 6 aromatic rings. The molecule has 0 atom stereocenters. The number of carbonyl (C=O) groups excluding carboxylic acids is 1. The van der Waals surface area contributed by atoms with Crippen LogP contribution in [0.15, 0.2) is 113 Å². The highest BCUT2D eigenvalue weighted by molar-refractivity contribution is 6.05. The number of hydrogen-bond donors (Lipinski definition) is 2. The fourth-order valence-corrected chi connectivity index (χ4v) is 4.05. The summed E-state index contributed by atoms with van der Waals surface area (Å²) in [6.07, 6.45) is 0. The topological polar surface area (TPSA) is 83.3 Å². The van der Waals surface area contributed by atoms with Crippen molar-refractivity contribution in [3.05, 3.63) is 120 Å². The van der Waals surface area contributed by atoms with Crippen LogP contribution in [0.25, 0.3) is 33.4 Å². The lowest BCUT2D eigenvalue weighted by atomic mass is 10.1. The molecule has 0 aliphatic carbocycles. The summed E-state index contributed by atoms with van der Waals surface area (Å²) in [5.74, 6) is 0.480. The van der Waals surface area contributed by atoms with Crippen molar-refractivity contribution in [3.8, 4) is 11.4 Å². The molecule has 0 radical (unpaired) electrons. The summed E-state index contributed by atoms with van der Waals surface area (Å²) in [7, 11) is 0. The van der Waals surface area contributed by atoms with Crippen LogP contribution in [0.2, 0.25) is 0 Å². The molecule has 0 aliphatic heterocycles. The van der Waals surface area contributed by atoms with Gasteiger partial charge in [0, 0.05) is 16.6 Å². The number of fused-ring (bicyclic) bond motifs is 2. The van der Waals surface area contributed by atoms with Crippen LogP contribution >= 0.6 is 0 Å². The average molecular weight is 471 g/mol. The normalized spacial score (nSPS) is 11.8. The van der Waals surface area contributed by atoms with Crippen molar-refractivity contribution in [1.82, 2.24) is 9.97 Å². The van der Waals surface area contributed by atoms with E-state index in [1.807, 2.05) is 110 Å². The number of H-pyrrole nitrogens is 1. The van der Waals surface area contributed by atoms with Gasteiger partial charge in [-0.15, -0.1) is 0 Å². The molecule has 0 fully saturated rings. The first-order valence-electron chi connectivity index (χ1n) is 11.6. The molecule has 1 amide bonds. The Morgan fingerprint density at radius 1 is 0.889 bits per heavy atom. The zero-order chi connectivity index (χ0) is 24.5. The highest BCUT2D eigenvalue weighted by atomic mass is 16.3. The van der Waals surface area contributed by atoms with E-state index in [0.29, 0.717) is 22.5 Å². The number of carbonyl (C=O) groups is 1. The molecule has 6 rings (SSSR count). The van der Waals surface area contributed by atoms with Gasteiger partial charge in [0.05, 0.1) is 16.7 Å². The second-order valence-electron chi connectivity index (χ2n) is 8.58. The van der Waals surface area contributed by atoms with E-state index in [1.165, 1.54) is 0 Å². The van der Waals surface area contributed by atoms with Gasteiger partial charge in [-0.2, -0.15) is 0 Å². The van der Waals surface area contributed by atoms with Gasteiger partial charge in [0.15, 0.2) is 0 Å². The van der Waals surface area contributed by atoms with Gasteiger partial charge in [-0.1, -0.05) is 48.0 Å². The minimum atomic E-state index is -0.299. The molecule has 0 bridgehead atoms. The second-order valence-corrected chi connectivity index (χ2v) is 8.58. The third-order valence-corrected chi connectivity index (χ3v) is 5.97. The lowest BCUT2D eigenvalue weighted by Crippen LogP contribution is -2.21. The third-order valence-electron chi connectivity index (χ3n) is 5.97. The van der Waals surface area contributed by atoms with E-state index in [9.17, 15) is 4.79 Å². The van der Waals surface area contributed by atoms with Crippen molar-refractivity contribution in [2.24, 2.45) is 4.99 Å².